The third-order valence-electron chi connectivity index (χ3n) is 3.48. The summed E-state index contributed by atoms with van der Waals surface area (Å²) in [5.41, 5.74) is 2.40. The number of rotatable bonds is 4. The molecule has 0 radical (unpaired) electrons. The van der Waals surface area contributed by atoms with Crippen molar-refractivity contribution in [2.45, 2.75) is 19.4 Å². The Morgan fingerprint density at radius 2 is 2.20 bits per heavy atom. The lowest BCUT2D eigenvalue weighted by Crippen LogP contribution is -2.19. The van der Waals surface area contributed by atoms with Crippen LogP contribution in [0, 0.1) is 6.92 Å². The van der Waals surface area contributed by atoms with Gasteiger partial charge in [0.2, 0.25) is 0 Å². The van der Waals surface area contributed by atoms with E-state index in [1.165, 1.54) is 21.3 Å². The summed E-state index contributed by atoms with van der Waals surface area (Å²) >= 11 is 1.73. The fraction of sp³-hybridized carbons (Fsp3) is 0.250. The van der Waals surface area contributed by atoms with Crippen LogP contribution in [0.5, 0.6) is 0 Å². The van der Waals surface area contributed by atoms with Crippen LogP contribution in [0.2, 0.25) is 0 Å². The number of aromatic nitrogens is 2. The van der Waals surface area contributed by atoms with Crippen molar-refractivity contribution in [1.82, 2.24) is 15.3 Å². The number of hydrogen-bond acceptors (Lipinski definition) is 4. The molecule has 0 aliphatic rings. The molecule has 1 N–H and O–H groups in total. The summed E-state index contributed by atoms with van der Waals surface area (Å²) < 4.78 is 0. The van der Waals surface area contributed by atoms with Gasteiger partial charge in [-0.3, -0.25) is 4.98 Å². The Balaban J connectivity index is 1.98. The Morgan fingerprint density at radius 3 is 2.95 bits per heavy atom. The van der Waals surface area contributed by atoms with Crippen molar-refractivity contribution in [3.8, 4) is 0 Å². The van der Waals surface area contributed by atoms with Gasteiger partial charge >= 0.3 is 0 Å². The summed E-state index contributed by atoms with van der Waals surface area (Å²) in [5, 5.41) is 9.14. The van der Waals surface area contributed by atoms with E-state index in [2.05, 4.69) is 44.9 Å². The van der Waals surface area contributed by atoms with Gasteiger partial charge in [0.1, 0.15) is 0 Å². The zero-order valence-corrected chi connectivity index (χ0v) is 12.4. The van der Waals surface area contributed by atoms with Crippen LogP contribution in [0.3, 0.4) is 0 Å². The Morgan fingerprint density at radius 1 is 1.30 bits per heavy atom. The van der Waals surface area contributed by atoms with Crippen molar-refractivity contribution in [2.75, 3.05) is 7.05 Å². The van der Waals surface area contributed by atoms with Gasteiger partial charge in [-0.05, 0) is 31.0 Å². The highest BCUT2D eigenvalue weighted by molar-refractivity contribution is 7.09. The Kier molecular flexibility index (Phi) is 3.76. The first kappa shape index (κ1) is 13.2. The van der Waals surface area contributed by atoms with Crippen LogP contribution in [0.15, 0.2) is 42.0 Å². The molecule has 3 aromatic rings. The second kappa shape index (κ2) is 5.69. The summed E-state index contributed by atoms with van der Waals surface area (Å²) in [7, 11) is 2.01. The molecule has 0 amide bonds. The SMILES string of the molecule is CNC(Cc1nc(C)cs1)c1cccc2cnccc12. The van der Waals surface area contributed by atoms with Gasteiger partial charge in [-0.15, -0.1) is 11.3 Å². The van der Waals surface area contributed by atoms with Gasteiger partial charge in [-0.25, -0.2) is 4.98 Å². The number of hydrogen-bond donors (Lipinski definition) is 1. The van der Waals surface area contributed by atoms with E-state index in [4.69, 9.17) is 0 Å². The molecule has 0 spiro atoms. The fourth-order valence-corrected chi connectivity index (χ4v) is 3.31. The number of aryl methyl sites for hydroxylation is 1. The molecule has 2 heterocycles. The second-order valence-electron chi connectivity index (χ2n) is 4.87. The maximum absolute atomic E-state index is 4.57. The molecule has 4 heteroatoms. The smallest absolute Gasteiger partial charge is 0.0947 e. The quantitative estimate of drug-likeness (QED) is 0.796. The Labute approximate surface area is 122 Å². The van der Waals surface area contributed by atoms with Crippen LogP contribution in [-0.4, -0.2) is 17.0 Å². The summed E-state index contributed by atoms with van der Waals surface area (Å²) in [6.07, 6.45) is 4.68. The zero-order valence-electron chi connectivity index (χ0n) is 11.6. The van der Waals surface area contributed by atoms with E-state index in [1.54, 1.807) is 11.3 Å². The van der Waals surface area contributed by atoms with Gasteiger partial charge in [0.25, 0.3) is 0 Å². The highest BCUT2D eigenvalue weighted by atomic mass is 32.1. The number of benzene rings is 1. The van der Waals surface area contributed by atoms with Crippen LogP contribution in [0.1, 0.15) is 22.3 Å². The average molecular weight is 283 g/mol. The molecule has 0 saturated heterocycles. The first-order valence-corrected chi connectivity index (χ1v) is 7.57. The Hall–Kier alpha value is -1.78. The lowest BCUT2D eigenvalue weighted by molar-refractivity contribution is 0.594. The lowest BCUT2D eigenvalue weighted by atomic mass is 9.98. The van der Waals surface area contributed by atoms with Crippen LogP contribution in [-0.2, 0) is 6.42 Å². The maximum atomic E-state index is 4.57. The van der Waals surface area contributed by atoms with Gasteiger partial charge in [-0.1, -0.05) is 18.2 Å². The minimum Gasteiger partial charge on any atom is -0.313 e. The highest BCUT2D eigenvalue weighted by Gasteiger charge is 2.14. The molecule has 20 heavy (non-hydrogen) atoms. The van der Waals surface area contributed by atoms with E-state index >= 15 is 0 Å². The number of pyridine rings is 1. The van der Waals surface area contributed by atoms with E-state index in [9.17, 15) is 0 Å². The largest absolute Gasteiger partial charge is 0.313 e. The predicted molar refractivity (Wildman–Crippen MR) is 84.1 cm³/mol. The van der Waals surface area contributed by atoms with E-state index in [0.717, 1.165) is 12.1 Å². The van der Waals surface area contributed by atoms with Crippen LogP contribution in [0.4, 0.5) is 0 Å². The molecule has 0 aliphatic carbocycles. The normalized spacial score (nSPS) is 12.7. The van der Waals surface area contributed by atoms with Crippen molar-refractivity contribution in [3.63, 3.8) is 0 Å². The second-order valence-corrected chi connectivity index (χ2v) is 5.81. The van der Waals surface area contributed by atoms with Gasteiger partial charge in [-0.2, -0.15) is 0 Å². The van der Waals surface area contributed by atoms with E-state index in [0.29, 0.717) is 0 Å². The van der Waals surface area contributed by atoms with Crippen molar-refractivity contribution in [1.29, 1.82) is 0 Å². The highest BCUT2D eigenvalue weighted by Crippen LogP contribution is 2.26. The van der Waals surface area contributed by atoms with Gasteiger partial charge in [0.15, 0.2) is 0 Å². The molecule has 102 valence electrons. The minimum absolute atomic E-state index is 0.270. The van der Waals surface area contributed by atoms with Gasteiger partial charge in [0, 0.05) is 41.3 Å². The van der Waals surface area contributed by atoms with E-state index in [1.807, 2.05) is 26.4 Å². The molecule has 1 atom stereocenters. The molecule has 1 unspecified atom stereocenters. The minimum atomic E-state index is 0.270. The molecule has 3 nitrogen and oxygen atoms in total. The molecule has 3 rings (SSSR count). The predicted octanol–water partition coefficient (Wildman–Crippen LogP) is 3.50. The topological polar surface area (TPSA) is 37.8 Å². The molecule has 0 bridgehead atoms. The number of nitrogens with zero attached hydrogens (tertiary/aromatic N) is 2. The molecule has 0 saturated carbocycles. The first-order chi connectivity index (χ1) is 9.78. The van der Waals surface area contributed by atoms with Crippen molar-refractivity contribution >= 4 is 22.1 Å². The number of fused-ring (bicyclic) bond motifs is 1. The third-order valence-corrected chi connectivity index (χ3v) is 4.47. The Bertz CT molecular complexity index is 715. The molecule has 1 aromatic carbocycles. The van der Waals surface area contributed by atoms with Crippen LogP contribution >= 0.6 is 11.3 Å². The standard InChI is InChI=1S/C16H17N3S/c1-11-10-20-16(19-11)8-15(17-2)14-5-3-4-12-9-18-7-6-13(12)14/h3-7,9-10,15,17H,8H2,1-2H3. The number of thiazole rings is 1. The van der Waals surface area contributed by atoms with E-state index < -0.39 is 0 Å². The summed E-state index contributed by atoms with van der Waals surface area (Å²) in [6.45, 7) is 2.04. The fourth-order valence-electron chi connectivity index (χ4n) is 2.49. The molecule has 0 aliphatic heterocycles. The maximum Gasteiger partial charge on any atom is 0.0947 e. The van der Waals surface area contributed by atoms with Crippen LogP contribution < -0.4 is 5.32 Å². The molecular formula is C16H17N3S. The summed E-state index contributed by atoms with van der Waals surface area (Å²) in [4.78, 5) is 8.77. The average Bonchev–Trinajstić information content (AvgIpc) is 2.89. The van der Waals surface area contributed by atoms with Gasteiger partial charge in [0.05, 0.1) is 5.01 Å². The monoisotopic (exact) mass is 283 g/mol. The number of nitrogens with one attached hydrogen (secondary N) is 1. The zero-order chi connectivity index (χ0) is 13.9. The molecule has 0 fully saturated rings. The van der Waals surface area contributed by atoms with Crippen molar-refractivity contribution in [2.24, 2.45) is 0 Å². The van der Waals surface area contributed by atoms with Gasteiger partial charge < -0.3 is 5.32 Å². The molecular weight excluding hydrogens is 266 g/mol. The van der Waals surface area contributed by atoms with Crippen molar-refractivity contribution < 1.29 is 0 Å². The van der Waals surface area contributed by atoms with E-state index in [-0.39, 0.29) is 6.04 Å². The lowest BCUT2D eigenvalue weighted by Gasteiger charge is -2.17. The third kappa shape index (κ3) is 2.57. The first-order valence-electron chi connectivity index (χ1n) is 6.69. The molecule has 2 aromatic heterocycles. The van der Waals surface area contributed by atoms with Crippen LogP contribution in [0.25, 0.3) is 10.8 Å². The summed E-state index contributed by atoms with van der Waals surface area (Å²) in [5.74, 6) is 0. The number of likely N-dealkylation sites (N-methyl/N-ethyl adjacent to an activating group) is 1. The van der Waals surface area contributed by atoms with Crippen molar-refractivity contribution in [3.05, 3.63) is 58.3 Å². The summed E-state index contributed by atoms with van der Waals surface area (Å²) in [6, 6.07) is 8.74.